The molecule has 2 aromatic carbocycles. The highest BCUT2D eigenvalue weighted by molar-refractivity contribution is 5.94. The van der Waals surface area contributed by atoms with Crippen LogP contribution in [0.2, 0.25) is 0 Å². The molecule has 2 amide bonds. The van der Waals surface area contributed by atoms with E-state index in [0.29, 0.717) is 6.42 Å². The van der Waals surface area contributed by atoms with Crippen LogP contribution in [0.5, 0.6) is 0 Å². The summed E-state index contributed by atoms with van der Waals surface area (Å²) in [6, 6.07) is 12.6. The van der Waals surface area contributed by atoms with Gasteiger partial charge in [-0.05, 0) is 44.5 Å². The van der Waals surface area contributed by atoms with Gasteiger partial charge >= 0.3 is 5.97 Å². The fourth-order valence-corrected chi connectivity index (χ4v) is 3.53. The standard InChI is InChI=1S/C24H31N3O4/c1-16-11-17(2)23(18(3)12-16)26-22(29)15-27(4)14-21(28)25-20(24(30)31-5)13-19-9-7-6-8-10-19/h6-12,20H,13-15H2,1-5H3,(H,25,28)(H,26,29)/t20-/m0/s1. The quantitative estimate of drug-likeness (QED) is 0.603. The Morgan fingerprint density at radius 1 is 0.968 bits per heavy atom. The number of esters is 1. The van der Waals surface area contributed by atoms with Crippen LogP contribution in [0.15, 0.2) is 42.5 Å². The van der Waals surface area contributed by atoms with Gasteiger partial charge in [0.05, 0.1) is 20.2 Å². The minimum absolute atomic E-state index is 0.0262. The van der Waals surface area contributed by atoms with Crippen molar-refractivity contribution in [2.45, 2.75) is 33.2 Å². The highest BCUT2D eigenvalue weighted by Gasteiger charge is 2.23. The van der Waals surface area contributed by atoms with Gasteiger partial charge in [0.25, 0.3) is 0 Å². The van der Waals surface area contributed by atoms with Crippen molar-refractivity contribution in [2.75, 3.05) is 32.6 Å². The topological polar surface area (TPSA) is 87.7 Å². The molecule has 7 heteroatoms. The first-order valence-electron chi connectivity index (χ1n) is 10.2. The number of benzene rings is 2. The normalized spacial score (nSPS) is 11.7. The van der Waals surface area contributed by atoms with E-state index in [9.17, 15) is 14.4 Å². The molecule has 0 aromatic heterocycles. The lowest BCUT2D eigenvalue weighted by Crippen LogP contribution is -2.47. The number of ether oxygens (including phenoxy) is 1. The summed E-state index contributed by atoms with van der Waals surface area (Å²) in [5, 5.41) is 5.63. The summed E-state index contributed by atoms with van der Waals surface area (Å²) in [6.45, 7) is 5.93. The van der Waals surface area contributed by atoms with E-state index in [1.165, 1.54) is 7.11 Å². The van der Waals surface area contributed by atoms with Crippen molar-refractivity contribution in [1.29, 1.82) is 0 Å². The van der Waals surface area contributed by atoms with Crippen molar-refractivity contribution < 1.29 is 19.1 Å². The summed E-state index contributed by atoms with van der Waals surface area (Å²) in [5.74, 6) is -1.08. The maximum absolute atomic E-state index is 12.5. The van der Waals surface area contributed by atoms with Crippen LogP contribution < -0.4 is 10.6 Å². The first-order valence-corrected chi connectivity index (χ1v) is 10.2. The molecule has 0 unspecified atom stereocenters. The third kappa shape index (κ3) is 7.53. The van der Waals surface area contributed by atoms with Crippen LogP contribution in [0.3, 0.4) is 0 Å². The van der Waals surface area contributed by atoms with Gasteiger partial charge in [0.2, 0.25) is 11.8 Å². The molecular formula is C24H31N3O4. The van der Waals surface area contributed by atoms with Gasteiger partial charge in [0.1, 0.15) is 6.04 Å². The molecule has 0 saturated heterocycles. The lowest BCUT2D eigenvalue weighted by atomic mass is 10.1. The molecule has 0 saturated carbocycles. The van der Waals surface area contributed by atoms with Gasteiger partial charge < -0.3 is 15.4 Å². The third-order valence-corrected chi connectivity index (χ3v) is 4.87. The Bertz CT molecular complexity index is 905. The van der Waals surface area contributed by atoms with Gasteiger partial charge in [-0.1, -0.05) is 48.0 Å². The highest BCUT2D eigenvalue weighted by atomic mass is 16.5. The molecule has 2 rings (SSSR count). The number of aryl methyl sites for hydroxylation is 3. The highest BCUT2D eigenvalue weighted by Crippen LogP contribution is 2.21. The molecule has 31 heavy (non-hydrogen) atoms. The second-order valence-corrected chi connectivity index (χ2v) is 7.83. The second kappa shape index (κ2) is 11.3. The number of nitrogens with one attached hydrogen (secondary N) is 2. The molecule has 0 aliphatic heterocycles. The van der Waals surface area contributed by atoms with E-state index in [-0.39, 0.29) is 24.9 Å². The van der Waals surface area contributed by atoms with E-state index in [2.05, 4.69) is 10.6 Å². The predicted molar refractivity (Wildman–Crippen MR) is 121 cm³/mol. The molecule has 2 N–H and O–H groups in total. The summed E-state index contributed by atoms with van der Waals surface area (Å²) >= 11 is 0. The summed E-state index contributed by atoms with van der Waals surface area (Å²) in [6.07, 6.45) is 0.329. The molecular weight excluding hydrogens is 394 g/mol. The number of likely N-dealkylation sites (N-methyl/N-ethyl adjacent to an activating group) is 1. The maximum atomic E-state index is 12.5. The zero-order valence-corrected chi connectivity index (χ0v) is 18.8. The maximum Gasteiger partial charge on any atom is 0.328 e. The molecule has 166 valence electrons. The number of carbonyl (C=O) groups is 3. The van der Waals surface area contributed by atoms with Crippen LogP contribution in [-0.2, 0) is 25.5 Å². The monoisotopic (exact) mass is 425 g/mol. The van der Waals surface area contributed by atoms with Crippen LogP contribution >= 0.6 is 0 Å². The van der Waals surface area contributed by atoms with Crippen molar-refractivity contribution in [2.24, 2.45) is 0 Å². The summed E-state index contributed by atoms with van der Waals surface area (Å²) in [5.41, 5.74) is 4.83. The first kappa shape index (κ1) is 24.1. The van der Waals surface area contributed by atoms with Crippen molar-refractivity contribution in [3.8, 4) is 0 Å². The Hall–Kier alpha value is -3.19. The lowest BCUT2D eigenvalue weighted by molar-refractivity contribution is -0.145. The summed E-state index contributed by atoms with van der Waals surface area (Å²) in [7, 11) is 2.97. The molecule has 0 fully saturated rings. The van der Waals surface area contributed by atoms with Crippen LogP contribution in [0.1, 0.15) is 22.3 Å². The number of nitrogens with zero attached hydrogens (tertiary/aromatic N) is 1. The number of carbonyl (C=O) groups excluding carboxylic acids is 3. The first-order chi connectivity index (χ1) is 14.7. The van der Waals surface area contributed by atoms with Gasteiger partial charge in [-0.2, -0.15) is 0 Å². The molecule has 0 heterocycles. The SMILES string of the molecule is COC(=O)[C@H](Cc1ccccc1)NC(=O)CN(C)CC(=O)Nc1c(C)cc(C)cc1C. The zero-order valence-electron chi connectivity index (χ0n) is 18.8. The molecule has 7 nitrogen and oxygen atoms in total. The number of anilines is 1. The molecule has 1 atom stereocenters. The Morgan fingerprint density at radius 2 is 1.55 bits per heavy atom. The second-order valence-electron chi connectivity index (χ2n) is 7.83. The molecule has 0 spiro atoms. The lowest BCUT2D eigenvalue weighted by Gasteiger charge is -2.20. The largest absolute Gasteiger partial charge is 0.467 e. The van der Waals surface area contributed by atoms with E-state index >= 15 is 0 Å². The van der Waals surface area contributed by atoms with Crippen molar-refractivity contribution >= 4 is 23.5 Å². The van der Waals surface area contributed by atoms with E-state index in [4.69, 9.17) is 4.74 Å². The number of rotatable bonds is 9. The number of methoxy groups -OCH3 is 1. The van der Waals surface area contributed by atoms with Crippen molar-refractivity contribution in [3.05, 3.63) is 64.7 Å². The Kier molecular flexibility index (Phi) is 8.75. The van der Waals surface area contributed by atoms with Crippen molar-refractivity contribution in [3.63, 3.8) is 0 Å². The smallest absolute Gasteiger partial charge is 0.328 e. The summed E-state index contributed by atoms with van der Waals surface area (Å²) < 4.78 is 4.82. The average molecular weight is 426 g/mol. The van der Waals surface area contributed by atoms with E-state index in [0.717, 1.165) is 27.9 Å². The Morgan fingerprint density at radius 3 is 2.13 bits per heavy atom. The molecule has 0 radical (unpaired) electrons. The zero-order chi connectivity index (χ0) is 23.0. The molecule has 0 aliphatic rings. The predicted octanol–water partition coefficient (Wildman–Crippen LogP) is 2.38. The molecule has 2 aromatic rings. The molecule has 0 bridgehead atoms. The van der Waals surface area contributed by atoms with Crippen LogP contribution in [0, 0.1) is 20.8 Å². The van der Waals surface area contributed by atoms with E-state index in [1.54, 1.807) is 11.9 Å². The van der Waals surface area contributed by atoms with Crippen molar-refractivity contribution in [1.82, 2.24) is 10.2 Å². The fourth-order valence-electron chi connectivity index (χ4n) is 3.53. The number of hydrogen-bond donors (Lipinski definition) is 2. The van der Waals surface area contributed by atoms with Crippen LogP contribution in [-0.4, -0.2) is 56.0 Å². The van der Waals surface area contributed by atoms with Gasteiger partial charge in [-0.3, -0.25) is 14.5 Å². The number of hydrogen-bond acceptors (Lipinski definition) is 5. The minimum atomic E-state index is -0.792. The van der Waals surface area contributed by atoms with Gasteiger partial charge in [0, 0.05) is 12.1 Å². The van der Waals surface area contributed by atoms with E-state index < -0.39 is 12.0 Å². The summed E-state index contributed by atoms with van der Waals surface area (Å²) in [4.78, 5) is 38.6. The van der Waals surface area contributed by atoms with Crippen LogP contribution in [0.4, 0.5) is 5.69 Å². The molecule has 0 aliphatic carbocycles. The van der Waals surface area contributed by atoms with Gasteiger partial charge in [0.15, 0.2) is 0 Å². The average Bonchev–Trinajstić information content (AvgIpc) is 2.70. The third-order valence-electron chi connectivity index (χ3n) is 4.87. The number of amides is 2. The van der Waals surface area contributed by atoms with Gasteiger partial charge in [-0.25, -0.2) is 4.79 Å². The Labute approximate surface area is 183 Å². The van der Waals surface area contributed by atoms with E-state index in [1.807, 2.05) is 63.2 Å². The van der Waals surface area contributed by atoms with Crippen LogP contribution in [0.25, 0.3) is 0 Å². The minimum Gasteiger partial charge on any atom is -0.467 e. The fraction of sp³-hybridized carbons (Fsp3) is 0.375. The van der Waals surface area contributed by atoms with Gasteiger partial charge in [-0.15, -0.1) is 0 Å². The Balaban J connectivity index is 1.91.